The van der Waals surface area contributed by atoms with E-state index >= 15 is 0 Å². The molecule has 6 nitrogen and oxygen atoms in total. The molecule has 0 radical (unpaired) electrons. The zero-order chi connectivity index (χ0) is 20.9. The maximum absolute atomic E-state index is 12.7. The maximum Gasteiger partial charge on any atom is 0.310 e. The molecule has 0 spiro atoms. The van der Waals surface area contributed by atoms with Crippen LogP contribution in [0.15, 0.2) is 24.3 Å². The van der Waals surface area contributed by atoms with Crippen molar-refractivity contribution in [3.05, 3.63) is 35.4 Å². The highest BCUT2D eigenvalue weighted by Crippen LogP contribution is 2.22. The molecule has 1 aliphatic heterocycles. The van der Waals surface area contributed by atoms with Gasteiger partial charge < -0.3 is 15.0 Å². The molecule has 1 heterocycles. The van der Waals surface area contributed by atoms with Gasteiger partial charge in [0.15, 0.2) is 0 Å². The predicted octanol–water partition coefficient (Wildman–Crippen LogP) is 2.90. The fourth-order valence-corrected chi connectivity index (χ4v) is 3.37. The van der Waals surface area contributed by atoms with E-state index in [-0.39, 0.29) is 29.1 Å². The Kier molecular flexibility index (Phi) is 7.22. The second kappa shape index (κ2) is 9.22. The number of nitrogens with one attached hydrogen (secondary N) is 1. The average Bonchev–Trinajstić information content (AvgIpc) is 2.67. The van der Waals surface area contributed by atoms with Crippen molar-refractivity contribution in [3.63, 3.8) is 0 Å². The second-order valence-corrected chi connectivity index (χ2v) is 8.40. The van der Waals surface area contributed by atoms with Crippen molar-refractivity contribution in [3.8, 4) is 0 Å². The second-order valence-electron chi connectivity index (χ2n) is 8.40. The van der Waals surface area contributed by atoms with Crippen LogP contribution in [-0.4, -0.2) is 48.4 Å². The van der Waals surface area contributed by atoms with Crippen molar-refractivity contribution < 1.29 is 19.1 Å². The normalized spacial score (nSPS) is 18.3. The van der Waals surface area contributed by atoms with Gasteiger partial charge in [-0.15, -0.1) is 0 Å². The Hall–Kier alpha value is -2.37. The number of carbonyl (C=O) groups is 3. The van der Waals surface area contributed by atoms with E-state index in [1.807, 2.05) is 12.1 Å². The zero-order valence-electron chi connectivity index (χ0n) is 17.6. The van der Waals surface area contributed by atoms with Gasteiger partial charge in [0, 0.05) is 18.7 Å². The number of carbonyl (C=O) groups excluding carboxylic acids is 3. The van der Waals surface area contributed by atoms with E-state index in [4.69, 9.17) is 4.74 Å². The van der Waals surface area contributed by atoms with Gasteiger partial charge in [-0.1, -0.05) is 32.9 Å². The number of ether oxygens (including phenoxy) is 1. The molecule has 0 bridgehead atoms. The molecule has 0 saturated carbocycles. The number of hydrogen-bond acceptors (Lipinski definition) is 4. The first-order valence-corrected chi connectivity index (χ1v) is 10.00. The molecule has 0 aromatic heterocycles. The topological polar surface area (TPSA) is 75.7 Å². The Balaban J connectivity index is 1.95. The molecule has 28 heavy (non-hydrogen) atoms. The van der Waals surface area contributed by atoms with Gasteiger partial charge in [-0.25, -0.2) is 0 Å². The number of nitrogens with zero attached hydrogens (tertiary/aromatic N) is 1. The van der Waals surface area contributed by atoms with Crippen LogP contribution in [0.4, 0.5) is 0 Å². The Bertz CT molecular complexity index is 706. The van der Waals surface area contributed by atoms with Gasteiger partial charge in [-0.05, 0) is 49.8 Å². The highest BCUT2D eigenvalue weighted by molar-refractivity contribution is 5.97. The summed E-state index contributed by atoms with van der Waals surface area (Å²) < 4.78 is 5.08. The monoisotopic (exact) mass is 388 g/mol. The Labute approximate surface area is 167 Å². The first kappa shape index (κ1) is 21.9. The Morgan fingerprint density at radius 3 is 2.43 bits per heavy atom. The molecule has 1 saturated heterocycles. The number of hydrogen-bond donors (Lipinski definition) is 1. The molecule has 2 unspecified atom stereocenters. The van der Waals surface area contributed by atoms with Gasteiger partial charge >= 0.3 is 5.97 Å². The van der Waals surface area contributed by atoms with Gasteiger partial charge in [-0.2, -0.15) is 0 Å². The Morgan fingerprint density at radius 1 is 1.21 bits per heavy atom. The maximum atomic E-state index is 12.7. The van der Waals surface area contributed by atoms with Crippen LogP contribution in [0, 0.1) is 5.92 Å². The Morgan fingerprint density at radius 2 is 1.86 bits per heavy atom. The van der Waals surface area contributed by atoms with Crippen LogP contribution in [-0.2, 0) is 19.7 Å². The van der Waals surface area contributed by atoms with Gasteiger partial charge in [0.25, 0.3) is 5.91 Å². The summed E-state index contributed by atoms with van der Waals surface area (Å²) in [5, 5.41) is 2.77. The third kappa shape index (κ3) is 5.57. The minimum atomic E-state index is -0.657. The van der Waals surface area contributed by atoms with E-state index in [0.29, 0.717) is 25.3 Å². The first-order chi connectivity index (χ1) is 13.1. The quantitative estimate of drug-likeness (QED) is 0.787. The van der Waals surface area contributed by atoms with E-state index in [1.54, 1.807) is 30.9 Å². The minimum Gasteiger partial charge on any atom is -0.466 e. The smallest absolute Gasteiger partial charge is 0.310 e. The van der Waals surface area contributed by atoms with Gasteiger partial charge in [0.2, 0.25) is 5.91 Å². The van der Waals surface area contributed by atoms with Gasteiger partial charge in [-0.3, -0.25) is 14.4 Å². The molecule has 2 rings (SSSR count). The predicted molar refractivity (Wildman–Crippen MR) is 108 cm³/mol. The lowest BCUT2D eigenvalue weighted by Gasteiger charge is -2.33. The van der Waals surface area contributed by atoms with Crippen molar-refractivity contribution in [2.75, 3.05) is 19.7 Å². The molecule has 2 atom stereocenters. The molecule has 1 aliphatic rings. The molecule has 1 fully saturated rings. The van der Waals surface area contributed by atoms with Crippen molar-refractivity contribution >= 4 is 17.8 Å². The minimum absolute atomic E-state index is 0.0159. The molecule has 154 valence electrons. The first-order valence-electron chi connectivity index (χ1n) is 10.00. The van der Waals surface area contributed by atoms with Crippen LogP contribution >= 0.6 is 0 Å². The average molecular weight is 389 g/mol. The van der Waals surface area contributed by atoms with Crippen molar-refractivity contribution in [2.45, 2.75) is 58.9 Å². The summed E-state index contributed by atoms with van der Waals surface area (Å²) in [6, 6.07) is 6.79. The summed E-state index contributed by atoms with van der Waals surface area (Å²) >= 11 is 0. The molecular weight excluding hydrogens is 356 g/mol. The molecule has 2 amide bonds. The number of piperidine rings is 1. The van der Waals surface area contributed by atoms with Crippen molar-refractivity contribution in [2.24, 2.45) is 5.92 Å². The lowest BCUT2D eigenvalue weighted by Crippen LogP contribution is -2.51. The number of amides is 2. The van der Waals surface area contributed by atoms with Gasteiger partial charge in [0.1, 0.15) is 6.04 Å². The van der Waals surface area contributed by atoms with Crippen molar-refractivity contribution in [1.29, 1.82) is 0 Å². The number of likely N-dealkylation sites (tertiary alicyclic amines) is 1. The largest absolute Gasteiger partial charge is 0.466 e. The SMILES string of the molecule is CCOC(=O)C1CCCN(C(=O)C(C)NC(=O)c2ccc(C(C)(C)C)cc2)C1. The highest BCUT2D eigenvalue weighted by Gasteiger charge is 2.31. The molecule has 6 heteroatoms. The third-order valence-electron chi connectivity index (χ3n) is 5.08. The summed E-state index contributed by atoms with van der Waals surface area (Å²) in [6.45, 7) is 11.1. The van der Waals surface area contributed by atoms with Crippen LogP contribution in [0.3, 0.4) is 0 Å². The fraction of sp³-hybridized carbons (Fsp3) is 0.591. The van der Waals surface area contributed by atoms with Crippen LogP contribution < -0.4 is 5.32 Å². The van der Waals surface area contributed by atoms with E-state index in [2.05, 4.69) is 26.1 Å². The van der Waals surface area contributed by atoms with E-state index in [9.17, 15) is 14.4 Å². The van der Waals surface area contributed by atoms with Crippen molar-refractivity contribution in [1.82, 2.24) is 10.2 Å². The van der Waals surface area contributed by atoms with Crippen LogP contribution in [0.2, 0.25) is 0 Å². The highest BCUT2D eigenvalue weighted by atomic mass is 16.5. The fourth-order valence-electron chi connectivity index (χ4n) is 3.37. The lowest BCUT2D eigenvalue weighted by atomic mass is 9.86. The summed E-state index contributed by atoms with van der Waals surface area (Å²) in [5.74, 6) is -0.991. The number of esters is 1. The molecular formula is C22H32N2O4. The number of rotatable bonds is 5. The van der Waals surface area contributed by atoms with E-state index in [1.165, 1.54) is 0 Å². The summed E-state index contributed by atoms with van der Waals surface area (Å²) in [7, 11) is 0. The summed E-state index contributed by atoms with van der Waals surface area (Å²) in [5.41, 5.74) is 1.68. The van der Waals surface area contributed by atoms with Crippen LogP contribution in [0.5, 0.6) is 0 Å². The molecule has 1 N–H and O–H groups in total. The molecule has 1 aromatic carbocycles. The van der Waals surface area contributed by atoms with Gasteiger partial charge in [0.05, 0.1) is 12.5 Å². The van der Waals surface area contributed by atoms with Crippen LogP contribution in [0.25, 0.3) is 0 Å². The standard InChI is InChI=1S/C22H32N2O4/c1-6-28-21(27)17-8-7-13-24(14-17)20(26)15(2)23-19(25)16-9-11-18(12-10-16)22(3,4)5/h9-12,15,17H,6-8,13-14H2,1-5H3,(H,23,25). The van der Waals surface area contributed by atoms with E-state index in [0.717, 1.165) is 18.4 Å². The summed E-state index contributed by atoms with van der Waals surface area (Å²) in [4.78, 5) is 38.9. The lowest BCUT2D eigenvalue weighted by molar-refractivity contribution is -0.151. The summed E-state index contributed by atoms with van der Waals surface area (Å²) in [6.07, 6.45) is 1.48. The molecule has 1 aromatic rings. The van der Waals surface area contributed by atoms with E-state index < -0.39 is 6.04 Å². The van der Waals surface area contributed by atoms with Crippen LogP contribution in [0.1, 0.15) is 63.4 Å². The third-order valence-corrected chi connectivity index (χ3v) is 5.08. The zero-order valence-corrected chi connectivity index (χ0v) is 17.6. The molecule has 0 aliphatic carbocycles. The number of benzene rings is 1.